The van der Waals surface area contributed by atoms with E-state index in [2.05, 4.69) is 36.9 Å². The number of hydrogen-bond donors (Lipinski definition) is 1. The number of rotatable bonds is 10. The quantitative estimate of drug-likeness (QED) is 0.660. The van der Waals surface area contributed by atoms with E-state index in [9.17, 15) is 5.11 Å². The summed E-state index contributed by atoms with van der Waals surface area (Å²) in [6, 6.07) is 14.2. The standard InChI is InChI=1S/C24H33NO4/c1-18-11-19(2)13-24(12-18)29-17-21(26)15-25(16-23-5-4-10-28-23)14-20-6-8-22(27-3)9-7-20/h6-9,11-13,21,23,26H,4-5,10,14-17H2,1-3H3. The lowest BCUT2D eigenvalue weighted by Gasteiger charge is -2.27. The molecule has 0 bridgehead atoms. The van der Waals surface area contributed by atoms with Gasteiger partial charge in [-0.15, -0.1) is 0 Å². The van der Waals surface area contributed by atoms with Crippen LogP contribution in [0.3, 0.4) is 0 Å². The lowest BCUT2D eigenvalue weighted by Crippen LogP contribution is -2.39. The van der Waals surface area contributed by atoms with Gasteiger partial charge < -0.3 is 19.3 Å². The summed E-state index contributed by atoms with van der Waals surface area (Å²) >= 11 is 0. The van der Waals surface area contributed by atoms with Crippen molar-refractivity contribution in [2.24, 2.45) is 0 Å². The fourth-order valence-corrected chi connectivity index (χ4v) is 3.83. The Morgan fingerprint density at radius 1 is 1.10 bits per heavy atom. The number of ether oxygens (including phenoxy) is 3. The van der Waals surface area contributed by atoms with E-state index in [0.29, 0.717) is 6.54 Å². The highest BCUT2D eigenvalue weighted by Crippen LogP contribution is 2.19. The van der Waals surface area contributed by atoms with Crippen LogP contribution in [-0.2, 0) is 11.3 Å². The van der Waals surface area contributed by atoms with Gasteiger partial charge in [0.05, 0.1) is 13.2 Å². The number of aliphatic hydroxyl groups is 1. The van der Waals surface area contributed by atoms with Crippen LogP contribution in [0, 0.1) is 13.8 Å². The summed E-state index contributed by atoms with van der Waals surface area (Å²) < 4.78 is 16.9. The highest BCUT2D eigenvalue weighted by molar-refractivity contribution is 5.33. The van der Waals surface area contributed by atoms with Crippen LogP contribution in [0.4, 0.5) is 0 Å². The predicted molar refractivity (Wildman–Crippen MR) is 115 cm³/mol. The molecule has 1 fully saturated rings. The van der Waals surface area contributed by atoms with E-state index in [-0.39, 0.29) is 12.7 Å². The zero-order valence-electron chi connectivity index (χ0n) is 17.8. The van der Waals surface area contributed by atoms with Gasteiger partial charge in [-0.1, -0.05) is 18.2 Å². The summed E-state index contributed by atoms with van der Waals surface area (Å²) in [6.07, 6.45) is 1.85. The Bertz CT molecular complexity index is 736. The molecule has 5 nitrogen and oxygen atoms in total. The molecule has 1 aliphatic heterocycles. The lowest BCUT2D eigenvalue weighted by atomic mass is 10.1. The van der Waals surface area contributed by atoms with Gasteiger partial charge in [0.15, 0.2) is 0 Å². The molecule has 158 valence electrons. The van der Waals surface area contributed by atoms with Gasteiger partial charge in [-0.2, -0.15) is 0 Å². The SMILES string of the molecule is COc1ccc(CN(CC(O)COc2cc(C)cc(C)c2)CC2CCCO2)cc1. The van der Waals surface area contributed by atoms with Crippen molar-refractivity contribution in [1.82, 2.24) is 4.90 Å². The van der Waals surface area contributed by atoms with Gasteiger partial charge in [-0.25, -0.2) is 0 Å². The molecule has 0 spiro atoms. The fourth-order valence-electron chi connectivity index (χ4n) is 3.83. The molecule has 2 unspecified atom stereocenters. The molecule has 0 amide bonds. The first-order chi connectivity index (χ1) is 14.0. The van der Waals surface area contributed by atoms with Crippen molar-refractivity contribution in [1.29, 1.82) is 0 Å². The van der Waals surface area contributed by atoms with Crippen molar-refractivity contribution in [3.05, 3.63) is 59.2 Å². The minimum Gasteiger partial charge on any atom is -0.497 e. The van der Waals surface area contributed by atoms with Crippen LogP contribution >= 0.6 is 0 Å². The highest BCUT2D eigenvalue weighted by atomic mass is 16.5. The lowest BCUT2D eigenvalue weighted by molar-refractivity contribution is 0.0313. The van der Waals surface area contributed by atoms with E-state index in [1.807, 2.05) is 24.3 Å². The maximum absolute atomic E-state index is 10.6. The molecule has 1 heterocycles. The van der Waals surface area contributed by atoms with Crippen molar-refractivity contribution in [2.75, 3.05) is 33.4 Å². The van der Waals surface area contributed by atoms with Gasteiger partial charge in [0.2, 0.25) is 0 Å². The first-order valence-electron chi connectivity index (χ1n) is 10.4. The van der Waals surface area contributed by atoms with Gasteiger partial charge in [0.1, 0.15) is 24.2 Å². The Hall–Kier alpha value is -2.08. The molecule has 0 radical (unpaired) electrons. The smallest absolute Gasteiger partial charge is 0.119 e. The van der Waals surface area contributed by atoms with E-state index in [1.54, 1.807) is 7.11 Å². The molecular weight excluding hydrogens is 366 g/mol. The third-order valence-corrected chi connectivity index (χ3v) is 5.16. The van der Waals surface area contributed by atoms with Crippen LogP contribution in [0.5, 0.6) is 11.5 Å². The van der Waals surface area contributed by atoms with Crippen molar-refractivity contribution in [3.63, 3.8) is 0 Å². The molecule has 1 N–H and O–H groups in total. The molecule has 2 atom stereocenters. The normalized spacial score (nSPS) is 17.5. The van der Waals surface area contributed by atoms with E-state index >= 15 is 0 Å². The van der Waals surface area contributed by atoms with Crippen LogP contribution in [-0.4, -0.2) is 55.6 Å². The van der Waals surface area contributed by atoms with E-state index in [0.717, 1.165) is 55.2 Å². The zero-order valence-corrected chi connectivity index (χ0v) is 17.8. The summed E-state index contributed by atoms with van der Waals surface area (Å²) in [5.74, 6) is 1.66. The number of aliphatic hydroxyl groups excluding tert-OH is 1. The zero-order chi connectivity index (χ0) is 20.6. The first kappa shape index (κ1) is 21.6. The van der Waals surface area contributed by atoms with E-state index < -0.39 is 6.10 Å². The molecule has 2 aromatic rings. The predicted octanol–water partition coefficient (Wildman–Crippen LogP) is 3.73. The maximum Gasteiger partial charge on any atom is 0.119 e. The number of methoxy groups -OCH3 is 1. The highest BCUT2D eigenvalue weighted by Gasteiger charge is 2.21. The van der Waals surface area contributed by atoms with Gasteiger partial charge >= 0.3 is 0 Å². The minimum atomic E-state index is -0.574. The summed E-state index contributed by atoms with van der Waals surface area (Å²) in [6.45, 7) is 7.31. The van der Waals surface area contributed by atoms with E-state index in [1.165, 1.54) is 5.56 Å². The molecule has 0 saturated carbocycles. The molecule has 5 heteroatoms. The van der Waals surface area contributed by atoms with Crippen LogP contribution < -0.4 is 9.47 Å². The molecular formula is C24H33NO4. The summed E-state index contributed by atoms with van der Waals surface area (Å²) in [5.41, 5.74) is 3.51. The van der Waals surface area contributed by atoms with Gasteiger partial charge in [-0.3, -0.25) is 4.90 Å². The topological polar surface area (TPSA) is 51.2 Å². The third-order valence-electron chi connectivity index (χ3n) is 5.16. The number of hydrogen-bond acceptors (Lipinski definition) is 5. The van der Waals surface area contributed by atoms with Crippen LogP contribution in [0.2, 0.25) is 0 Å². The van der Waals surface area contributed by atoms with Gasteiger partial charge in [-0.05, 0) is 67.6 Å². The van der Waals surface area contributed by atoms with E-state index in [4.69, 9.17) is 14.2 Å². The van der Waals surface area contributed by atoms with Gasteiger partial charge in [0, 0.05) is 26.2 Å². The molecule has 1 aliphatic rings. The average Bonchev–Trinajstić information content (AvgIpc) is 3.19. The fraction of sp³-hybridized carbons (Fsp3) is 0.500. The number of nitrogens with zero attached hydrogens (tertiary/aromatic N) is 1. The molecule has 0 aliphatic carbocycles. The maximum atomic E-state index is 10.6. The second-order valence-electron chi connectivity index (χ2n) is 7.97. The Morgan fingerprint density at radius 3 is 2.45 bits per heavy atom. The van der Waals surface area contributed by atoms with Crippen LogP contribution in [0.25, 0.3) is 0 Å². The Balaban J connectivity index is 1.58. The number of aryl methyl sites for hydroxylation is 2. The second kappa shape index (κ2) is 10.6. The number of benzene rings is 2. The molecule has 29 heavy (non-hydrogen) atoms. The Kier molecular flexibility index (Phi) is 7.92. The van der Waals surface area contributed by atoms with Crippen molar-refractivity contribution in [2.45, 2.75) is 45.4 Å². The largest absolute Gasteiger partial charge is 0.497 e. The third kappa shape index (κ3) is 7.03. The first-order valence-corrected chi connectivity index (χ1v) is 10.4. The molecule has 0 aromatic heterocycles. The van der Waals surface area contributed by atoms with Crippen molar-refractivity contribution < 1.29 is 19.3 Å². The Labute approximate surface area is 174 Å². The van der Waals surface area contributed by atoms with Crippen molar-refractivity contribution >= 4 is 0 Å². The molecule has 2 aromatic carbocycles. The van der Waals surface area contributed by atoms with Gasteiger partial charge in [0.25, 0.3) is 0 Å². The second-order valence-corrected chi connectivity index (χ2v) is 7.97. The molecule has 3 rings (SSSR count). The average molecular weight is 400 g/mol. The van der Waals surface area contributed by atoms with Crippen molar-refractivity contribution in [3.8, 4) is 11.5 Å². The summed E-state index contributed by atoms with van der Waals surface area (Å²) in [7, 11) is 1.67. The monoisotopic (exact) mass is 399 g/mol. The van der Waals surface area contributed by atoms with Crippen LogP contribution in [0.1, 0.15) is 29.5 Å². The summed E-state index contributed by atoms with van der Waals surface area (Å²) in [5, 5.41) is 10.6. The molecule has 1 saturated heterocycles. The van der Waals surface area contributed by atoms with Crippen LogP contribution in [0.15, 0.2) is 42.5 Å². The Morgan fingerprint density at radius 2 is 1.83 bits per heavy atom. The minimum absolute atomic E-state index is 0.237. The summed E-state index contributed by atoms with van der Waals surface area (Å²) in [4.78, 5) is 2.26.